The van der Waals surface area contributed by atoms with Crippen LogP contribution in [0.15, 0.2) is 41.6 Å². The summed E-state index contributed by atoms with van der Waals surface area (Å²) in [5, 5.41) is 8.49. The van der Waals surface area contributed by atoms with Crippen molar-refractivity contribution in [2.75, 3.05) is 27.9 Å². The monoisotopic (exact) mass is 445 g/mol. The molecule has 1 saturated heterocycles. The quantitative estimate of drug-likeness (QED) is 0.511. The van der Waals surface area contributed by atoms with Gasteiger partial charge in [-0.2, -0.15) is 0 Å². The van der Waals surface area contributed by atoms with Crippen molar-refractivity contribution in [1.29, 1.82) is 0 Å². The maximum atomic E-state index is 14.8. The first-order valence-corrected chi connectivity index (χ1v) is 10.3. The molecule has 0 N–H and O–H groups in total. The SMILES string of the molecule is COc1cc(-c2nnc(S[C@H]3CCOC3=O)n2-c2ccccc2F)cc(OC)c1OC. The summed E-state index contributed by atoms with van der Waals surface area (Å²) in [5.41, 5.74) is 0.830. The highest BCUT2D eigenvalue weighted by atomic mass is 32.2. The Kier molecular flexibility index (Phi) is 5.99. The number of hydrogen-bond donors (Lipinski definition) is 0. The predicted octanol–water partition coefficient (Wildman–Crippen LogP) is 3.51. The van der Waals surface area contributed by atoms with Crippen molar-refractivity contribution >= 4 is 17.7 Å². The highest BCUT2D eigenvalue weighted by Crippen LogP contribution is 2.42. The zero-order chi connectivity index (χ0) is 22.0. The van der Waals surface area contributed by atoms with Crippen LogP contribution in [-0.2, 0) is 9.53 Å². The van der Waals surface area contributed by atoms with Gasteiger partial charge in [-0.15, -0.1) is 10.2 Å². The van der Waals surface area contributed by atoms with E-state index in [1.165, 1.54) is 39.2 Å². The van der Waals surface area contributed by atoms with E-state index >= 15 is 0 Å². The molecular weight excluding hydrogens is 425 g/mol. The van der Waals surface area contributed by atoms with Gasteiger partial charge in [0, 0.05) is 12.0 Å². The summed E-state index contributed by atoms with van der Waals surface area (Å²) < 4.78 is 37.7. The lowest BCUT2D eigenvalue weighted by Gasteiger charge is -2.15. The van der Waals surface area contributed by atoms with Crippen LogP contribution in [0.2, 0.25) is 0 Å². The average Bonchev–Trinajstić information content (AvgIpc) is 3.39. The van der Waals surface area contributed by atoms with E-state index < -0.39 is 11.1 Å². The second-order valence-corrected chi connectivity index (χ2v) is 7.74. The van der Waals surface area contributed by atoms with Crippen molar-refractivity contribution in [3.8, 4) is 34.3 Å². The Morgan fingerprint density at radius 2 is 1.81 bits per heavy atom. The number of para-hydroxylation sites is 1. The number of thioether (sulfide) groups is 1. The molecule has 0 radical (unpaired) electrons. The summed E-state index contributed by atoms with van der Waals surface area (Å²) in [7, 11) is 4.53. The number of benzene rings is 2. The summed E-state index contributed by atoms with van der Waals surface area (Å²) >= 11 is 1.19. The van der Waals surface area contributed by atoms with Crippen molar-refractivity contribution in [1.82, 2.24) is 14.8 Å². The van der Waals surface area contributed by atoms with Crippen LogP contribution in [-0.4, -0.2) is 53.9 Å². The lowest BCUT2D eigenvalue weighted by Crippen LogP contribution is -2.11. The molecule has 10 heteroatoms. The Hall–Kier alpha value is -3.27. The highest BCUT2D eigenvalue weighted by Gasteiger charge is 2.31. The number of aromatic nitrogens is 3. The van der Waals surface area contributed by atoms with E-state index in [0.29, 0.717) is 46.8 Å². The Bertz CT molecular complexity index is 1100. The van der Waals surface area contributed by atoms with Crippen LogP contribution in [0.4, 0.5) is 4.39 Å². The molecule has 31 heavy (non-hydrogen) atoms. The minimum absolute atomic E-state index is 0.255. The molecule has 0 bridgehead atoms. The predicted molar refractivity (Wildman–Crippen MR) is 112 cm³/mol. The first-order chi connectivity index (χ1) is 15.1. The largest absolute Gasteiger partial charge is 0.493 e. The van der Waals surface area contributed by atoms with E-state index in [1.807, 2.05) is 0 Å². The van der Waals surface area contributed by atoms with Gasteiger partial charge in [-0.25, -0.2) is 4.39 Å². The molecule has 1 aliphatic rings. The van der Waals surface area contributed by atoms with Crippen molar-refractivity contribution in [2.24, 2.45) is 0 Å². The molecular formula is C21H20FN3O5S. The summed E-state index contributed by atoms with van der Waals surface area (Å²) in [6.07, 6.45) is 0.549. The second-order valence-electron chi connectivity index (χ2n) is 6.57. The topological polar surface area (TPSA) is 84.7 Å². The zero-order valence-corrected chi connectivity index (χ0v) is 17.9. The van der Waals surface area contributed by atoms with Gasteiger partial charge in [0.2, 0.25) is 5.75 Å². The Labute approximate surface area is 182 Å². The maximum absolute atomic E-state index is 14.8. The summed E-state index contributed by atoms with van der Waals surface area (Å²) in [6.45, 7) is 0.351. The summed E-state index contributed by atoms with van der Waals surface area (Å²) in [6, 6.07) is 9.71. The van der Waals surface area contributed by atoms with Crippen LogP contribution in [0, 0.1) is 5.82 Å². The van der Waals surface area contributed by atoms with E-state index in [-0.39, 0.29) is 11.7 Å². The fourth-order valence-electron chi connectivity index (χ4n) is 3.31. The molecule has 0 saturated carbocycles. The second kappa shape index (κ2) is 8.84. The molecule has 3 aromatic rings. The van der Waals surface area contributed by atoms with Crippen LogP contribution in [0.25, 0.3) is 17.1 Å². The number of esters is 1. The number of halogens is 1. The third-order valence-electron chi connectivity index (χ3n) is 4.78. The summed E-state index contributed by atoms with van der Waals surface area (Å²) in [5.74, 6) is 0.864. The maximum Gasteiger partial charge on any atom is 0.319 e. The van der Waals surface area contributed by atoms with E-state index in [0.717, 1.165) is 0 Å². The van der Waals surface area contributed by atoms with Gasteiger partial charge in [0.1, 0.15) is 11.1 Å². The molecule has 0 aliphatic carbocycles. The molecule has 1 aromatic heterocycles. The van der Waals surface area contributed by atoms with E-state index in [4.69, 9.17) is 18.9 Å². The molecule has 0 unspecified atom stereocenters. The van der Waals surface area contributed by atoms with Gasteiger partial charge < -0.3 is 18.9 Å². The van der Waals surface area contributed by atoms with E-state index in [9.17, 15) is 9.18 Å². The zero-order valence-electron chi connectivity index (χ0n) is 17.1. The molecule has 8 nitrogen and oxygen atoms in total. The van der Waals surface area contributed by atoms with E-state index in [1.54, 1.807) is 34.9 Å². The molecule has 4 rings (SSSR count). The van der Waals surface area contributed by atoms with Gasteiger partial charge in [0.25, 0.3) is 0 Å². The molecule has 0 spiro atoms. The third kappa shape index (κ3) is 3.90. The highest BCUT2D eigenvalue weighted by molar-refractivity contribution is 8.00. The Morgan fingerprint density at radius 1 is 1.10 bits per heavy atom. The van der Waals surface area contributed by atoms with Crippen LogP contribution >= 0.6 is 11.8 Å². The van der Waals surface area contributed by atoms with Gasteiger partial charge in [-0.3, -0.25) is 9.36 Å². The minimum Gasteiger partial charge on any atom is -0.493 e. The van der Waals surface area contributed by atoms with Gasteiger partial charge in [-0.1, -0.05) is 23.9 Å². The third-order valence-corrected chi connectivity index (χ3v) is 5.97. The van der Waals surface area contributed by atoms with Gasteiger partial charge >= 0.3 is 5.97 Å². The van der Waals surface area contributed by atoms with Crippen molar-refractivity contribution in [3.05, 3.63) is 42.2 Å². The number of methoxy groups -OCH3 is 3. The van der Waals surface area contributed by atoms with Crippen molar-refractivity contribution < 1.29 is 28.1 Å². The number of rotatable bonds is 7. The fourth-order valence-corrected chi connectivity index (χ4v) is 4.32. The number of nitrogens with zero attached hydrogens (tertiary/aromatic N) is 3. The standard InChI is InChI=1S/C21H20FN3O5S/c1-27-15-10-12(11-16(28-2)18(15)29-3)19-23-24-21(31-17-8-9-30-20(17)26)25(19)14-7-5-4-6-13(14)22/h4-7,10-11,17H,8-9H2,1-3H3/t17-/m0/s1. The van der Waals surface area contributed by atoms with Crippen molar-refractivity contribution in [2.45, 2.75) is 16.8 Å². The number of carbonyl (C=O) groups is 1. The first kappa shape index (κ1) is 21.0. The smallest absolute Gasteiger partial charge is 0.319 e. The molecule has 2 aromatic carbocycles. The number of hydrogen-bond acceptors (Lipinski definition) is 8. The normalized spacial score (nSPS) is 15.6. The lowest BCUT2D eigenvalue weighted by molar-refractivity contribution is -0.137. The molecule has 1 atom stereocenters. The minimum atomic E-state index is -0.452. The average molecular weight is 445 g/mol. The van der Waals surface area contributed by atoms with Crippen LogP contribution in [0.3, 0.4) is 0 Å². The van der Waals surface area contributed by atoms with Crippen LogP contribution < -0.4 is 14.2 Å². The molecule has 2 heterocycles. The fraction of sp³-hybridized carbons (Fsp3) is 0.286. The Morgan fingerprint density at radius 3 is 2.39 bits per heavy atom. The molecule has 1 aliphatic heterocycles. The van der Waals surface area contributed by atoms with Gasteiger partial charge in [-0.05, 0) is 24.3 Å². The Balaban J connectivity index is 1.89. The molecule has 162 valence electrons. The van der Waals surface area contributed by atoms with Gasteiger partial charge in [0.05, 0.1) is 33.6 Å². The van der Waals surface area contributed by atoms with Crippen molar-refractivity contribution in [3.63, 3.8) is 0 Å². The lowest BCUT2D eigenvalue weighted by atomic mass is 10.1. The molecule has 1 fully saturated rings. The number of cyclic esters (lactones) is 1. The molecule has 0 amide bonds. The number of ether oxygens (including phenoxy) is 4. The van der Waals surface area contributed by atoms with Gasteiger partial charge in [0.15, 0.2) is 22.5 Å². The summed E-state index contributed by atoms with van der Waals surface area (Å²) in [4.78, 5) is 12.0. The first-order valence-electron chi connectivity index (χ1n) is 9.41. The van der Waals surface area contributed by atoms with Crippen LogP contribution in [0.1, 0.15) is 6.42 Å². The van der Waals surface area contributed by atoms with Crippen LogP contribution in [0.5, 0.6) is 17.2 Å². The number of carbonyl (C=O) groups excluding carboxylic acids is 1. The van der Waals surface area contributed by atoms with E-state index in [2.05, 4.69) is 10.2 Å².